The molecule has 0 aliphatic carbocycles. The lowest BCUT2D eigenvalue weighted by atomic mass is 10.1. The van der Waals surface area contributed by atoms with Gasteiger partial charge in [-0.05, 0) is 35.5 Å². The van der Waals surface area contributed by atoms with Gasteiger partial charge in [0.25, 0.3) is 11.1 Å². The van der Waals surface area contributed by atoms with Crippen molar-refractivity contribution >= 4 is 46.5 Å². The first-order chi connectivity index (χ1) is 16.0. The maximum atomic E-state index is 12.6. The van der Waals surface area contributed by atoms with Crippen LogP contribution in [-0.2, 0) is 14.4 Å². The summed E-state index contributed by atoms with van der Waals surface area (Å²) in [6, 6.07) is 16.4. The van der Waals surface area contributed by atoms with Gasteiger partial charge in [0.15, 0.2) is 0 Å². The number of amides is 4. The van der Waals surface area contributed by atoms with E-state index in [1.54, 1.807) is 29.2 Å². The Morgan fingerprint density at radius 2 is 1.85 bits per heavy atom. The number of anilines is 1. The van der Waals surface area contributed by atoms with E-state index in [0.29, 0.717) is 16.3 Å². The number of para-hydroxylation sites is 2. The molecule has 2 aliphatic heterocycles. The summed E-state index contributed by atoms with van der Waals surface area (Å²) in [7, 11) is 1.53. The van der Waals surface area contributed by atoms with Crippen molar-refractivity contribution in [1.29, 1.82) is 0 Å². The fraction of sp³-hybridized carbons (Fsp3) is 0.250. The standard InChI is InChI=1S/C24H23N3O5S/c1-32-19-10-6-5-9-18(19)27-15-17(14-21(27)28)22(29)25-11-12-26-23(30)20(33-24(26)31)13-16-7-3-2-4-8-16/h2-10,13,17H,11-12,14-15H2,1H3,(H,25,29)/b20-13-/t17-/m0/s1. The molecule has 170 valence electrons. The molecule has 1 N–H and O–H groups in total. The van der Waals surface area contributed by atoms with Crippen LogP contribution in [0.15, 0.2) is 59.5 Å². The monoisotopic (exact) mass is 465 g/mol. The second-order valence-corrected chi connectivity index (χ2v) is 8.61. The summed E-state index contributed by atoms with van der Waals surface area (Å²) in [5.41, 5.74) is 1.46. The van der Waals surface area contributed by atoms with Crippen LogP contribution in [0.5, 0.6) is 5.75 Å². The van der Waals surface area contributed by atoms with Gasteiger partial charge < -0.3 is 15.0 Å². The van der Waals surface area contributed by atoms with Crippen LogP contribution < -0.4 is 15.0 Å². The van der Waals surface area contributed by atoms with E-state index >= 15 is 0 Å². The van der Waals surface area contributed by atoms with Crippen LogP contribution in [0.4, 0.5) is 10.5 Å². The Labute approximate surface area is 195 Å². The van der Waals surface area contributed by atoms with E-state index in [4.69, 9.17) is 4.74 Å². The normalized spacial score (nSPS) is 19.5. The van der Waals surface area contributed by atoms with E-state index in [2.05, 4.69) is 5.32 Å². The SMILES string of the molecule is COc1ccccc1N1C[C@@H](C(=O)NCCN2C(=O)S/C(=C\c3ccccc3)C2=O)CC1=O. The maximum Gasteiger partial charge on any atom is 0.293 e. The molecule has 0 radical (unpaired) electrons. The van der Waals surface area contributed by atoms with Crippen molar-refractivity contribution in [3.05, 3.63) is 65.1 Å². The topological polar surface area (TPSA) is 96.0 Å². The fourth-order valence-electron chi connectivity index (χ4n) is 3.80. The lowest BCUT2D eigenvalue weighted by Crippen LogP contribution is -2.40. The molecule has 9 heteroatoms. The molecule has 4 amide bonds. The summed E-state index contributed by atoms with van der Waals surface area (Å²) < 4.78 is 5.32. The molecule has 1 atom stereocenters. The van der Waals surface area contributed by atoms with Gasteiger partial charge in [-0.25, -0.2) is 0 Å². The average molecular weight is 466 g/mol. The first-order valence-electron chi connectivity index (χ1n) is 10.5. The summed E-state index contributed by atoms with van der Waals surface area (Å²) >= 11 is 0.885. The van der Waals surface area contributed by atoms with Crippen LogP contribution >= 0.6 is 11.8 Å². The number of hydrogen-bond donors (Lipinski definition) is 1. The Bertz CT molecular complexity index is 1120. The molecule has 4 rings (SSSR count). The minimum Gasteiger partial charge on any atom is -0.495 e. The molecule has 0 saturated carbocycles. The quantitative estimate of drug-likeness (QED) is 0.632. The molecule has 2 aliphatic rings. The van der Waals surface area contributed by atoms with E-state index in [9.17, 15) is 19.2 Å². The minimum absolute atomic E-state index is 0.0689. The number of hydrogen-bond acceptors (Lipinski definition) is 6. The Kier molecular flexibility index (Phi) is 6.79. The van der Waals surface area contributed by atoms with Crippen molar-refractivity contribution < 1.29 is 23.9 Å². The average Bonchev–Trinajstić information content (AvgIpc) is 3.34. The molecule has 0 bridgehead atoms. The van der Waals surface area contributed by atoms with Crippen LogP contribution in [-0.4, -0.2) is 54.6 Å². The Morgan fingerprint density at radius 3 is 2.61 bits per heavy atom. The van der Waals surface area contributed by atoms with Gasteiger partial charge >= 0.3 is 0 Å². The van der Waals surface area contributed by atoms with Crippen LogP contribution in [0.2, 0.25) is 0 Å². The van der Waals surface area contributed by atoms with Crippen molar-refractivity contribution in [2.24, 2.45) is 5.92 Å². The zero-order valence-electron chi connectivity index (χ0n) is 18.0. The minimum atomic E-state index is -0.518. The van der Waals surface area contributed by atoms with Crippen molar-refractivity contribution in [1.82, 2.24) is 10.2 Å². The van der Waals surface area contributed by atoms with Gasteiger partial charge in [-0.15, -0.1) is 0 Å². The summed E-state index contributed by atoms with van der Waals surface area (Å²) in [4.78, 5) is 53.0. The number of methoxy groups -OCH3 is 1. The highest BCUT2D eigenvalue weighted by Crippen LogP contribution is 2.33. The number of nitrogens with zero attached hydrogens (tertiary/aromatic N) is 2. The molecule has 0 spiro atoms. The van der Waals surface area contributed by atoms with Crippen molar-refractivity contribution in [2.45, 2.75) is 6.42 Å². The molecule has 33 heavy (non-hydrogen) atoms. The predicted octanol–water partition coefficient (Wildman–Crippen LogP) is 2.90. The highest BCUT2D eigenvalue weighted by atomic mass is 32.2. The van der Waals surface area contributed by atoms with Gasteiger partial charge in [0.1, 0.15) is 5.75 Å². The van der Waals surface area contributed by atoms with Gasteiger partial charge in [0.05, 0.1) is 23.6 Å². The van der Waals surface area contributed by atoms with Gasteiger partial charge in [0, 0.05) is 26.1 Å². The van der Waals surface area contributed by atoms with E-state index in [0.717, 1.165) is 22.2 Å². The second kappa shape index (κ2) is 9.91. The summed E-state index contributed by atoms with van der Waals surface area (Å²) in [6.07, 6.45) is 1.77. The third kappa shape index (κ3) is 4.93. The molecule has 2 heterocycles. The number of nitrogens with one attached hydrogen (secondary N) is 1. The Balaban J connectivity index is 1.31. The number of carbonyl (C=O) groups excluding carboxylic acids is 4. The smallest absolute Gasteiger partial charge is 0.293 e. The van der Waals surface area contributed by atoms with Gasteiger partial charge in [-0.1, -0.05) is 42.5 Å². The molecule has 2 aromatic rings. The van der Waals surface area contributed by atoms with E-state index in [-0.39, 0.29) is 49.0 Å². The van der Waals surface area contributed by atoms with Gasteiger partial charge in [0.2, 0.25) is 11.8 Å². The third-order valence-corrected chi connectivity index (χ3v) is 6.38. The van der Waals surface area contributed by atoms with E-state index in [1.165, 1.54) is 7.11 Å². The van der Waals surface area contributed by atoms with Crippen LogP contribution in [0.25, 0.3) is 6.08 Å². The third-order valence-electron chi connectivity index (χ3n) is 5.48. The van der Waals surface area contributed by atoms with E-state index in [1.807, 2.05) is 36.4 Å². The Morgan fingerprint density at radius 1 is 1.12 bits per heavy atom. The zero-order chi connectivity index (χ0) is 23.4. The number of benzene rings is 2. The molecule has 0 aromatic heterocycles. The molecular weight excluding hydrogens is 442 g/mol. The van der Waals surface area contributed by atoms with Crippen molar-refractivity contribution in [3.8, 4) is 5.75 Å². The van der Waals surface area contributed by atoms with Gasteiger partial charge in [-0.3, -0.25) is 24.1 Å². The molecule has 8 nitrogen and oxygen atoms in total. The number of rotatable bonds is 7. The van der Waals surface area contributed by atoms with E-state index < -0.39 is 5.92 Å². The Hall–Kier alpha value is -3.59. The fourth-order valence-corrected chi connectivity index (χ4v) is 4.66. The lowest BCUT2D eigenvalue weighted by molar-refractivity contribution is -0.127. The molecule has 2 saturated heterocycles. The lowest BCUT2D eigenvalue weighted by Gasteiger charge is -2.19. The van der Waals surface area contributed by atoms with Crippen LogP contribution in [0, 0.1) is 5.92 Å². The highest BCUT2D eigenvalue weighted by molar-refractivity contribution is 8.18. The number of imide groups is 1. The number of thioether (sulfide) groups is 1. The predicted molar refractivity (Wildman–Crippen MR) is 126 cm³/mol. The molecular formula is C24H23N3O5S. The maximum absolute atomic E-state index is 12.6. The largest absolute Gasteiger partial charge is 0.495 e. The van der Waals surface area contributed by atoms with Crippen LogP contribution in [0.3, 0.4) is 0 Å². The highest BCUT2D eigenvalue weighted by Gasteiger charge is 2.37. The molecule has 2 fully saturated rings. The second-order valence-electron chi connectivity index (χ2n) is 7.61. The van der Waals surface area contributed by atoms with Crippen molar-refractivity contribution in [3.63, 3.8) is 0 Å². The summed E-state index contributed by atoms with van der Waals surface area (Å²) in [5, 5.41) is 2.39. The first-order valence-corrected chi connectivity index (χ1v) is 11.3. The van der Waals surface area contributed by atoms with Crippen molar-refractivity contribution in [2.75, 3.05) is 31.6 Å². The zero-order valence-corrected chi connectivity index (χ0v) is 18.8. The molecule has 2 aromatic carbocycles. The molecule has 0 unspecified atom stereocenters. The summed E-state index contributed by atoms with van der Waals surface area (Å²) in [6.45, 7) is 0.431. The summed E-state index contributed by atoms with van der Waals surface area (Å²) in [5.74, 6) is -0.768. The first kappa shape index (κ1) is 22.6. The van der Waals surface area contributed by atoms with Gasteiger partial charge in [-0.2, -0.15) is 0 Å². The number of ether oxygens (including phenoxy) is 1. The van der Waals surface area contributed by atoms with Crippen LogP contribution in [0.1, 0.15) is 12.0 Å². The number of carbonyl (C=O) groups is 4.